The van der Waals surface area contributed by atoms with Gasteiger partial charge in [0.1, 0.15) is 9.84 Å². The molecular formula is C17H24O4S. The van der Waals surface area contributed by atoms with Crippen LogP contribution < -0.4 is 0 Å². The van der Waals surface area contributed by atoms with Crippen LogP contribution in [0.2, 0.25) is 0 Å². The Morgan fingerprint density at radius 3 is 2.23 bits per heavy atom. The zero-order chi connectivity index (χ0) is 16.5. The molecule has 1 aromatic carbocycles. The van der Waals surface area contributed by atoms with Crippen LogP contribution in [-0.2, 0) is 20.0 Å². The maximum atomic E-state index is 11.5. The molecule has 0 amide bonds. The van der Waals surface area contributed by atoms with Gasteiger partial charge in [-0.05, 0) is 35.8 Å². The SMILES string of the molecule is CC(C)(CS(C)(=O)=O)c1ccc(C(CC(=O)O)C2CC2)cc1. The normalized spacial score (nSPS) is 17.2. The van der Waals surface area contributed by atoms with Gasteiger partial charge in [-0.1, -0.05) is 38.1 Å². The summed E-state index contributed by atoms with van der Waals surface area (Å²) < 4.78 is 23.1. The van der Waals surface area contributed by atoms with Crippen LogP contribution in [0.15, 0.2) is 24.3 Å². The van der Waals surface area contributed by atoms with E-state index in [-0.39, 0.29) is 18.1 Å². The van der Waals surface area contributed by atoms with Crippen molar-refractivity contribution >= 4 is 15.8 Å². The highest BCUT2D eigenvalue weighted by Gasteiger charge is 2.34. The van der Waals surface area contributed by atoms with Gasteiger partial charge < -0.3 is 5.11 Å². The first-order valence-electron chi connectivity index (χ1n) is 7.58. The largest absolute Gasteiger partial charge is 0.481 e. The zero-order valence-electron chi connectivity index (χ0n) is 13.4. The van der Waals surface area contributed by atoms with Crippen LogP contribution >= 0.6 is 0 Å². The van der Waals surface area contributed by atoms with Gasteiger partial charge in [-0.15, -0.1) is 0 Å². The van der Waals surface area contributed by atoms with Crippen molar-refractivity contribution in [2.75, 3.05) is 12.0 Å². The molecule has 1 atom stereocenters. The lowest BCUT2D eigenvalue weighted by Crippen LogP contribution is -2.27. The number of benzene rings is 1. The number of hydrogen-bond acceptors (Lipinski definition) is 3. The van der Waals surface area contributed by atoms with E-state index in [9.17, 15) is 13.2 Å². The van der Waals surface area contributed by atoms with Crippen LogP contribution in [0.25, 0.3) is 0 Å². The van der Waals surface area contributed by atoms with E-state index in [0.29, 0.717) is 5.92 Å². The third-order valence-electron chi connectivity index (χ3n) is 4.33. The standard InChI is InChI=1S/C17H24O4S/c1-17(2,11-22(3,20)21)14-8-6-13(7-9-14)15(10-16(18)19)12-4-5-12/h6-9,12,15H,4-5,10-11H2,1-3H3,(H,18,19). The zero-order valence-corrected chi connectivity index (χ0v) is 14.2. The smallest absolute Gasteiger partial charge is 0.303 e. The van der Waals surface area contributed by atoms with Crippen LogP contribution in [-0.4, -0.2) is 31.5 Å². The van der Waals surface area contributed by atoms with Crippen molar-refractivity contribution in [3.8, 4) is 0 Å². The molecule has 0 aromatic heterocycles. The van der Waals surface area contributed by atoms with Gasteiger partial charge in [0.15, 0.2) is 0 Å². The second kappa shape index (κ2) is 6.03. The third kappa shape index (κ3) is 4.57. The van der Waals surface area contributed by atoms with Crippen molar-refractivity contribution in [1.82, 2.24) is 0 Å². The second-order valence-electron chi connectivity index (χ2n) is 7.12. The van der Waals surface area contributed by atoms with E-state index in [1.165, 1.54) is 6.26 Å². The Morgan fingerprint density at radius 1 is 1.27 bits per heavy atom. The molecule has 122 valence electrons. The minimum atomic E-state index is -3.05. The Balaban J connectivity index is 2.20. The number of hydrogen-bond donors (Lipinski definition) is 1. The van der Waals surface area contributed by atoms with Crippen molar-refractivity contribution in [1.29, 1.82) is 0 Å². The van der Waals surface area contributed by atoms with E-state index in [2.05, 4.69) is 0 Å². The van der Waals surface area contributed by atoms with Crippen LogP contribution in [0.3, 0.4) is 0 Å². The summed E-state index contributed by atoms with van der Waals surface area (Å²) in [6.07, 6.45) is 3.61. The molecule has 0 aliphatic heterocycles. The highest BCUT2D eigenvalue weighted by atomic mass is 32.2. The van der Waals surface area contributed by atoms with Gasteiger partial charge in [0.25, 0.3) is 0 Å². The predicted octanol–water partition coefficient (Wildman–Crippen LogP) is 2.98. The van der Waals surface area contributed by atoms with Gasteiger partial charge in [-0.2, -0.15) is 0 Å². The van der Waals surface area contributed by atoms with E-state index >= 15 is 0 Å². The summed E-state index contributed by atoms with van der Waals surface area (Å²) in [5.74, 6) is -0.116. The minimum absolute atomic E-state index is 0.0737. The summed E-state index contributed by atoms with van der Waals surface area (Å²) in [5, 5.41) is 9.07. The molecule has 5 heteroatoms. The van der Waals surface area contributed by atoms with Crippen molar-refractivity contribution in [2.24, 2.45) is 5.92 Å². The molecule has 0 saturated heterocycles. The molecule has 1 aliphatic rings. The number of aliphatic carboxylic acids is 1. The topological polar surface area (TPSA) is 71.4 Å². The van der Waals surface area contributed by atoms with Crippen LogP contribution in [0.5, 0.6) is 0 Å². The molecule has 1 aromatic rings. The number of rotatable bonds is 7. The Hall–Kier alpha value is -1.36. The molecule has 1 aliphatic carbocycles. The molecule has 0 radical (unpaired) electrons. The molecule has 1 N–H and O–H groups in total. The molecule has 1 saturated carbocycles. The van der Waals surface area contributed by atoms with Crippen molar-refractivity contribution in [3.05, 3.63) is 35.4 Å². The first-order chi connectivity index (χ1) is 10.1. The monoisotopic (exact) mass is 324 g/mol. The third-order valence-corrected chi connectivity index (χ3v) is 5.57. The fourth-order valence-corrected chi connectivity index (χ4v) is 4.64. The molecule has 0 heterocycles. The second-order valence-corrected chi connectivity index (χ2v) is 9.26. The Kier molecular flexibility index (Phi) is 4.66. The number of carboxylic acid groups (broad SMARTS) is 1. The lowest BCUT2D eigenvalue weighted by atomic mass is 9.84. The number of carbonyl (C=O) groups is 1. The van der Waals surface area contributed by atoms with E-state index in [4.69, 9.17) is 5.11 Å². The first kappa shape index (κ1) is 17.0. The summed E-state index contributed by atoms with van der Waals surface area (Å²) >= 11 is 0. The molecular weight excluding hydrogens is 300 g/mol. The lowest BCUT2D eigenvalue weighted by molar-refractivity contribution is -0.137. The molecule has 1 unspecified atom stereocenters. The number of carboxylic acids is 1. The highest BCUT2D eigenvalue weighted by Crippen LogP contribution is 2.44. The summed E-state index contributed by atoms with van der Waals surface area (Å²) in [4.78, 5) is 11.0. The highest BCUT2D eigenvalue weighted by molar-refractivity contribution is 7.90. The van der Waals surface area contributed by atoms with Crippen molar-refractivity contribution in [2.45, 2.75) is 44.4 Å². The van der Waals surface area contributed by atoms with Crippen molar-refractivity contribution in [3.63, 3.8) is 0 Å². The van der Waals surface area contributed by atoms with Gasteiger partial charge in [-0.3, -0.25) is 4.79 Å². The van der Waals surface area contributed by atoms with Gasteiger partial charge in [0.05, 0.1) is 12.2 Å². The molecule has 0 spiro atoms. The maximum absolute atomic E-state index is 11.5. The van der Waals surface area contributed by atoms with Crippen molar-refractivity contribution < 1.29 is 18.3 Å². The minimum Gasteiger partial charge on any atom is -0.481 e. The van der Waals surface area contributed by atoms with E-state index in [0.717, 1.165) is 24.0 Å². The van der Waals surface area contributed by atoms with Crippen LogP contribution in [0, 0.1) is 5.92 Å². The van der Waals surface area contributed by atoms with E-state index in [1.54, 1.807) is 0 Å². The Bertz CT molecular complexity index is 640. The molecule has 1 fully saturated rings. The summed E-state index contributed by atoms with van der Waals surface area (Å²) in [5.41, 5.74) is 1.56. The molecule has 22 heavy (non-hydrogen) atoms. The maximum Gasteiger partial charge on any atom is 0.303 e. The first-order valence-corrected chi connectivity index (χ1v) is 9.64. The quantitative estimate of drug-likeness (QED) is 0.837. The summed E-state index contributed by atoms with van der Waals surface area (Å²) in [7, 11) is -3.05. The van der Waals surface area contributed by atoms with Gasteiger partial charge in [0, 0.05) is 11.7 Å². The molecule has 0 bridgehead atoms. The van der Waals surface area contributed by atoms with E-state index in [1.807, 2.05) is 38.1 Å². The lowest BCUT2D eigenvalue weighted by Gasteiger charge is -2.25. The van der Waals surface area contributed by atoms with Crippen LogP contribution in [0.4, 0.5) is 0 Å². The number of sulfone groups is 1. The average molecular weight is 324 g/mol. The molecule has 2 rings (SSSR count). The molecule has 4 nitrogen and oxygen atoms in total. The fourth-order valence-electron chi connectivity index (χ4n) is 3.16. The van der Waals surface area contributed by atoms with Gasteiger partial charge >= 0.3 is 5.97 Å². The fraction of sp³-hybridized carbons (Fsp3) is 0.588. The van der Waals surface area contributed by atoms with Gasteiger partial charge in [-0.25, -0.2) is 8.42 Å². The van der Waals surface area contributed by atoms with Gasteiger partial charge in [0.2, 0.25) is 0 Å². The summed E-state index contributed by atoms with van der Waals surface area (Å²) in [6, 6.07) is 7.81. The summed E-state index contributed by atoms with van der Waals surface area (Å²) in [6.45, 7) is 3.83. The predicted molar refractivity (Wildman–Crippen MR) is 86.9 cm³/mol. The Morgan fingerprint density at radius 2 is 1.82 bits per heavy atom. The van der Waals surface area contributed by atoms with E-state index < -0.39 is 21.2 Å². The Labute approximate surface area is 132 Å². The average Bonchev–Trinajstić information content (AvgIpc) is 3.17. The van der Waals surface area contributed by atoms with Crippen LogP contribution in [0.1, 0.15) is 50.2 Å².